The number of hydrogen-bond donors (Lipinski definition) is 4. The summed E-state index contributed by atoms with van der Waals surface area (Å²) in [5.74, 6) is -0.949. The number of nitrogens with zero attached hydrogens (tertiary/aromatic N) is 1. The van der Waals surface area contributed by atoms with Crippen molar-refractivity contribution >= 4 is 11.9 Å². The van der Waals surface area contributed by atoms with E-state index in [2.05, 4.69) is 17.4 Å². The lowest BCUT2D eigenvalue weighted by atomic mass is 9.98. The Morgan fingerprint density at radius 2 is 1.71 bits per heavy atom. The van der Waals surface area contributed by atoms with Crippen LogP contribution in [0.1, 0.15) is 79.1 Å². The number of carboxylic acids is 1. The van der Waals surface area contributed by atoms with Crippen LogP contribution in [0.3, 0.4) is 0 Å². The molecule has 1 atom stereocenters. The smallest absolute Gasteiger partial charge is 0.320 e. The summed E-state index contributed by atoms with van der Waals surface area (Å²) in [4.78, 5) is 26.2. The van der Waals surface area contributed by atoms with Gasteiger partial charge in [0.05, 0.1) is 5.56 Å². The van der Waals surface area contributed by atoms with E-state index in [9.17, 15) is 24.9 Å². The second-order valence-electron chi connectivity index (χ2n) is 9.93. The van der Waals surface area contributed by atoms with Crippen LogP contribution in [-0.2, 0) is 24.3 Å². The van der Waals surface area contributed by atoms with Gasteiger partial charge in [-0.05, 0) is 66.0 Å². The van der Waals surface area contributed by atoms with Crippen molar-refractivity contribution in [3.63, 3.8) is 0 Å². The van der Waals surface area contributed by atoms with Crippen molar-refractivity contribution in [2.24, 2.45) is 5.92 Å². The van der Waals surface area contributed by atoms with Crippen LogP contribution in [0.15, 0.2) is 30.3 Å². The molecule has 34 heavy (non-hydrogen) atoms. The number of carboxylic acid groups (broad SMARTS) is 1. The predicted octanol–water partition coefficient (Wildman–Crippen LogP) is 4.40. The highest BCUT2D eigenvalue weighted by molar-refractivity contribution is 5.97. The average Bonchev–Trinajstić information content (AvgIpc) is 3.18. The summed E-state index contributed by atoms with van der Waals surface area (Å²) in [6, 6.07) is 8.52. The van der Waals surface area contributed by atoms with Gasteiger partial charge in [0.15, 0.2) is 0 Å². The minimum atomic E-state index is -0.809. The Morgan fingerprint density at radius 3 is 2.35 bits per heavy atom. The van der Waals surface area contributed by atoms with Crippen molar-refractivity contribution in [1.82, 2.24) is 10.2 Å². The molecule has 1 heterocycles. The van der Waals surface area contributed by atoms with Crippen molar-refractivity contribution in [3.05, 3.63) is 58.1 Å². The molecule has 3 rings (SSSR count). The summed E-state index contributed by atoms with van der Waals surface area (Å²) in [7, 11) is 0. The lowest BCUT2D eigenvalue weighted by molar-refractivity contribution is -0.139. The molecule has 1 aliphatic heterocycles. The molecule has 0 aromatic heterocycles. The maximum Gasteiger partial charge on any atom is 0.320 e. The van der Waals surface area contributed by atoms with Gasteiger partial charge in [-0.15, -0.1) is 0 Å². The molecule has 184 valence electrons. The van der Waals surface area contributed by atoms with Gasteiger partial charge < -0.3 is 25.5 Å². The Hall–Kier alpha value is -3.06. The van der Waals surface area contributed by atoms with Crippen molar-refractivity contribution in [3.8, 4) is 11.5 Å². The third-order valence-corrected chi connectivity index (χ3v) is 6.32. The number of aromatic hydroxyl groups is 2. The fourth-order valence-corrected chi connectivity index (χ4v) is 4.46. The molecule has 0 saturated carbocycles. The van der Waals surface area contributed by atoms with Crippen LogP contribution in [0.25, 0.3) is 0 Å². The molecule has 0 unspecified atom stereocenters. The fraction of sp³-hybridized carbons (Fsp3) is 0.481. The zero-order chi connectivity index (χ0) is 25.0. The topological polar surface area (TPSA) is 110 Å². The van der Waals surface area contributed by atoms with Crippen LogP contribution in [0.5, 0.6) is 11.5 Å². The molecular formula is C27H36N2O5. The lowest BCUT2D eigenvalue weighted by Gasteiger charge is -2.18. The molecule has 2 aromatic carbocycles. The number of phenols is 2. The quantitative estimate of drug-likeness (QED) is 0.385. The first-order valence-electron chi connectivity index (χ1n) is 12.0. The summed E-state index contributed by atoms with van der Waals surface area (Å²) >= 11 is 0. The molecule has 0 saturated heterocycles. The van der Waals surface area contributed by atoms with Gasteiger partial charge in [-0.3, -0.25) is 9.59 Å². The number of carbonyl (C=O) groups excluding carboxylic acids is 1. The average molecular weight is 469 g/mol. The minimum Gasteiger partial charge on any atom is -0.508 e. The van der Waals surface area contributed by atoms with E-state index in [-0.39, 0.29) is 28.9 Å². The molecule has 7 heteroatoms. The third-order valence-electron chi connectivity index (χ3n) is 6.32. The second-order valence-corrected chi connectivity index (χ2v) is 9.93. The lowest BCUT2D eigenvalue weighted by Crippen LogP contribution is -2.38. The Bertz CT molecular complexity index is 1050. The predicted molar refractivity (Wildman–Crippen MR) is 131 cm³/mol. The summed E-state index contributed by atoms with van der Waals surface area (Å²) in [6.07, 6.45) is 2.24. The maximum absolute atomic E-state index is 13.1. The summed E-state index contributed by atoms with van der Waals surface area (Å²) < 4.78 is 0. The summed E-state index contributed by atoms with van der Waals surface area (Å²) in [5, 5.41) is 32.8. The molecule has 2 aromatic rings. The Kier molecular flexibility index (Phi) is 8.20. The second kappa shape index (κ2) is 10.9. The van der Waals surface area contributed by atoms with Crippen molar-refractivity contribution in [1.29, 1.82) is 0 Å². The third kappa shape index (κ3) is 6.08. The van der Waals surface area contributed by atoms with E-state index in [1.54, 1.807) is 11.0 Å². The Balaban J connectivity index is 1.60. The first kappa shape index (κ1) is 25.6. The first-order valence-corrected chi connectivity index (χ1v) is 12.0. The monoisotopic (exact) mass is 468 g/mol. The highest BCUT2D eigenvalue weighted by Gasteiger charge is 2.27. The number of nitrogens with one attached hydrogen (secondary N) is 1. The van der Waals surface area contributed by atoms with Crippen LogP contribution in [0, 0.1) is 5.92 Å². The molecule has 0 bridgehead atoms. The number of phenolic OH excluding ortho intramolecular Hbond substituents is 2. The SMILES string of the molecule is CC(C)C[C@H](NCCCc1ccc2c(c1)CN(C(=O)c1cc(C(C)C)c(O)cc1O)C2)C(=O)O. The molecule has 0 radical (unpaired) electrons. The van der Waals surface area contributed by atoms with Crippen molar-refractivity contribution in [2.45, 2.75) is 72.0 Å². The number of aliphatic carboxylic acids is 1. The maximum atomic E-state index is 13.1. The van der Waals surface area contributed by atoms with Gasteiger partial charge in [0, 0.05) is 19.2 Å². The Morgan fingerprint density at radius 1 is 1.00 bits per heavy atom. The van der Waals surface area contributed by atoms with Crippen molar-refractivity contribution < 1.29 is 24.9 Å². The van der Waals surface area contributed by atoms with E-state index in [0.29, 0.717) is 37.5 Å². The van der Waals surface area contributed by atoms with E-state index in [1.165, 1.54) is 6.07 Å². The van der Waals surface area contributed by atoms with Crippen LogP contribution in [0.4, 0.5) is 0 Å². The number of carbonyl (C=O) groups is 2. The molecular weight excluding hydrogens is 432 g/mol. The van der Waals surface area contributed by atoms with Crippen LogP contribution in [0.2, 0.25) is 0 Å². The van der Waals surface area contributed by atoms with Gasteiger partial charge in [0.25, 0.3) is 5.91 Å². The van der Waals surface area contributed by atoms with Gasteiger partial charge in [-0.2, -0.15) is 0 Å². The molecule has 0 aliphatic carbocycles. The van der Waals surface area contributed by atoms with Crippen molar-refractivity contribution in [2.75, 3.05) is 6.54 Å². The number of aryl methyl sites for hydroxylation is 1. The van der Waals surface area contributed by atoms with Gasteiger partial charge in [-0.1, -0.05) is 45.9 Å². The molecule has 0 fully saturated rings. The number of rotatable bonds is 10. The number of amides is 1. The van der Waals surface area contributed by atoms with E-state index >= 15 is 0 Å². The van der Waals surface area contributed by atoms with Gasteiger partial charge >= 0.3 is 5.97 Å². The van der Waals surface area contributed by atoms with Crippen LogP contribution in [-0.4, -0.2) is 44.7 Å². The Labute approximate surface area is 201 Å². The van der Waals surface area contributed by atoms with E-state index < -0.39 is 12.0 Å². The van der Waals surface area contributed by atoms with Gasteiger partial charge in [-0.25, -0.2) is 0 Å². The number of benzene rings is 2. The molecule has 0 spiro atoms. The van der Waals surface area contributed by atoms with E-state index in [1.807, 2.05) is 33.8 Å². The van der Waals surface area contributed by atoms with E-state index in [4.69, 9.17) is 0 Å². The minimum absolute atomic E-state index is 0.00762. The highest BCUT2D eigenvalue weighted by atomic mass is 16.4. The summed E-state index contributed by atoms with van der Waals surface area (Å²) in [6.45, 7) is 9.45. The number of fused-ring (bicyclic) bond motifs is 1. The zero-order valence-corrected chi connectivity index (χ0v) is 20.5. The highest BCUT2D eigenvalue weighted by Crippen LogP contribution is 2.34. The largest absolute Gasteiger partial charge is 0.508 e. The summed E-state index contributed by atoms with van der Waals surface area (Å²) in [5.41, 5.74) is 4.16. The standard InChI is InChI=1S/C27H36N2O5/c1-16(2)10-23(27(33)34)28-9-5-6-18-7-8-19-14-29(15-20(19)11-18)26(32)22-12-21(17(3)4)24(30)13-25(22)31/h7-8,11-13,16-17,23,28,30-31H,5-6,9-10,14-15H2,1-4H3,(H,33,34)/t23-/m0/s1. The fourth-order valence-electron chi connectivity index (χ4n) is 4.46. The molecule has 1 aliphatic rings. The first-order chi connectivity index (χ1) is 16.1. The molecule has 4 N–H and O–H groups in total. The van der Waals surface area contributed by atoms with E-state index in [0.717, 1.165) is 29.5 Å². The van der Waals surface area contributed by atoms with Gasteiger partial charge in [0.2, 0.25) is 0 Å². The van der Waals surface area contributed by atoms with Crippen LogP contribution < -0.4 is 5.32 Å². The molecule has 1 amide bonds. The number of hydrogen-bond acceptors (Lipinski definition) is 5. The van der Waals surface area contributed by atoms with Gasteiger partial charge in [0.1, 0.15) is 17.5 Å². The molecule has 7 nitrogen and oxygen atoms in total. The normalized spacial score (nSPS) is 14.0. The zero-order valence-electron chi connectivity index (χ0n) is 20.5. The van der Waals surface area contributed by atoms with Crippen LogP contribution >= 0.6 is 0 Å².